The van der Waals surface area contributed by atoms with Crippen molar-refractivity contribution >= 4 is 42.2 Å². The number of thiol groups is 1. The van der Waals surface area contributed by atoms with Crippen molar-refractivity contribution in [3.63, 3.8) is 0 Å². The van der Waals surface area contributed by atoms with Crippen molar-refractivity contribution in [1.82, 2.24) is 16.0 Å². The van der Waals surface area contributed by atoms with Gasteiger partial charge in [-0.1, -0.05) is 34.1 Å². The van der Waals surface area contributed by atoms with Gasteiger partial charge in [-0.05, 0) is 18.3 Å². The number of nitrogens with two attached hydrogens (primary N) is 2. The molecule has 0 aromatic heterocycles. The van der Waals surface area contributed by atoms with Crippen LogP contribution in [0.1, 0.15) is 47.0 Å². The number of primary amides is 1. The summed E-state index contributed by atoms with van der Waals surface area (Å²) >= 11 is 4.07. The molecule has 0 bridgehead atoms. The number of carbonyl (C=O) groups is 5. The first-order valence-corrected chi connectivity index (χ1v) is 10.8. The highest BCUT2D eigenvalue weighted by molar-refractivity contribution is 7.80. The van der Waals surface area contributed by atoms with Crippen LogP contribution in [0, 0.1) is 11.8 Å². The number of carboxylic acid groups (broad SMARTS) is 1. The summed E-state index contributed by atoms with van der Waals surface area (Å²) in [4.78, 5) is 60.1. The van der Waals surface area contributed by atoms with Crippen molar-refractivity contribution in [1.29, 1.82) is 0 Å². The second-order valence-electron chi connectivity index (χ2n) is 7.79. The molecule has 0 aliphatic carbocycles. The molecule has 12 heteroatoms. The van der Waals surface area contributed by atoms with Gasteiger partial charge < -0.3 is 32.5 Å². The molecule has 0 aromatic rings. The summed E-state index contributed by atoms with van der Waals surface area (Å²) < 4.78 is 0. The SMILES string of the molecule is CCC(C)C(N)C(=O)NC(CS)C(=O)NC(CCC(N)=O)C(=O)NC(C(=O)O)C(C)C. The Kier molecular flexibility index (Phi) is 12.8. The maximum atomic E-state index is 12.7. The van der Waals surface area contributed by atoms with Crippen molar-refractivity contribution in [3.8, 4) is 0 Å². The first-order chi connectivity index (χ1) is 14.3. The van der Waals surface area contributed by atoms with E-state index < -0.39 is 59.7 Å². The summed E-state index contributed by atoms with van der Waals surface area (Å²) in [7, 11) is 0. The van der Waals surface area contributed by atoms with Gasteiger partial charge in [-0.25, -0.2) is 4.79 Å². The lowest BCUT2D eigenvalue weighted by Gasteiger charge is -2.26. The topological polar surface area (TPSA) is 194 Å². The Hall–Kier alpha value is -2.34. The number of carboxylic acids is 1. The van der Waals surface area contributed by atoms with Crippen LogP contribution in [0.25, 0.3) is 0 Å². The molecule has 4 amide bonds. The van der Waals surface area contributed by atoms with Gasteiger partial charge in [0.05, 0.1) is 6.04 Å². The van der Waals surface area contributed by atoms with Crippen LogP contribution in [0.3, 0.4) is 0 Å². The molecule has 0 aliphatic heterocycles. The largest absolute Gasteiger partial charge is 0.480 e. The second kappa shape index (κ2) is 13.9. The highest BCUT2D eigenvalue weighted by atomic mass is 32.1. The maximum absolute atomic E-state index is 12.7. The average Bonchev–Trinajstić information content (AvgIpc) is 2.70. The van der Waals surface area contributed by atoms with Gasteiger partial charge in [-0.15, -0.1) is 0 Å². The first-order valence-electron chi connectivity index (χ1n) is 10.1. The number of hydrogen-bond acceptors (Lipinski definition) is 7. The van der Waals surface area contributed by atoms with Gasteiger partial charge in [0, 0.05) is 12.2 Å². The standard InChI is InChI=1S/C19H35N5O6S/c1-5-10(4)14(21)18(28)23-12(8-31)17(27)22-11(6-7-13(20)25)16(26)24-15(9(2)3)19(29)30/h9-12,14-15,31H,5-8,21H2,1-4H3,(H2,20,25)(H,22,27)(H,23,28)(H,24,26)(H,29,30). The van der Waals surface area contributed by atoms with E-state index in [4.69, 9.17) is 11.5 Å². The van der Waals surface area contributed by atoms with E-state index in [1.807, 2.05) is 6.92 Å². The summed E-state index contributed by atoms with van der Waals surface area (Å²) in [6.07, 6.45) is 0.313. The van der Waals surface area contributed by atoms with E-state index in [2.05, 4.69) is 28.6 Å². The van der Waals surface area contributed by atoms with Gasteiger partial charge in [0.15, 0.2) is 0 Å². The number of amides is 4. The van der Waals surface area contributed by atoms with E-state index in [1.165, 1.54) is 0 Å². The van der Waals surface area contributed by atoms with E-state index in [0.29, 0.717) is 6.42 Å². The summed E-state index contributed by atoms with van der Waals surface area (Å²) in [5.41, 5.74) is 11.0. The zero-order valence-electron chi connectivity index (χ0n) is 18.4. The van der Waals surface area contributed by atoms with Gasteiger partial charge in [0.25, 0.3) is 0 Å². The lowest BCUT2D eigenvalue weighted by Crippen LogP contribution is -2.58. The van der Waals surface area contributed by atoms with Crippen molar-refractivity contribution < 1.29 is 29.1 Å². The van der Waals surface area contributed by atoms with Crippen LogP contribution in [0.2, 0.25) is 0 Å². The Balaban J connectivity index is 5.36. The Morgan fingerprint density at radius 1 is 0.935 bits per heavy atom. The number of nitrogens with one attached hydrogen (secondary N) is 3. The molecule has 0 spiro atoms. The lowest BCUT2D eigenvalue weighted by atomic mass is 9.99. The first kappa shape index (κ1) is 28.7. The minimum absolute atomic E-state index is 0.0707. The highest BCUT2D eigenvalue weighted by Crippen LogP contribution is 2.07. The van der Waals surface area contributed by atoms with E-state index in [-0.39, 0.29) is 24.5 Å². The molecule has 0 saturated carbocycles. The molecule has 0 aliphatic rings. The molecule has 8 N–H and O–H groups in total. The highest BCUT2D eigenvalue weighted by Gasteiger charge is 2.31. The third-order valence-electron chi connectivity index (χ3n) is 4.92. The molecule has 5 unspecified atom stereocenters. The van der Waals surface area contributed by atoms with Crippen LogP contribution < -0.4 is 27.4 Å². The normalized spacial score (nSPS) is 15.8. The van der Waals surface area contributed by atoms with Gasteiger partial charge in [-0.2, -0.15) is 12.6 Å². The Labute approximate surface area is 187 Å². The van der Waals surface area contributed by atoms with Gasteiger partial charge in [0.1, 0.15) is 18.1 Å². The molecule has 0 heterocycles. The molecule has 178 valence electrons. The Morgan fingerprint density at radius 3 is 1.87 bits per heavy atom. The molecule has 31 heavy (non-hydrogen) atoms. The van der Waals surface area contributed by atoms with Crippen LogP contribution in [-0.2, 0) is 24.0 Å². The van der Waals surface area contributed by atoms with Crippen LogP contribution >= 0.6 is 12.6 Å². The Morgan fingerprint density at radius 2 is 1.45 bits per heavy atom. The van der Waals surface area contributed by atoms with Crippen molar-refractivity contribution in [2.75, 3.05) is 5.75 Å². The quantitative estimate of drug-likeness (QED) is 0.157. The molecule has 0 aromatic carbocycles. The van der Waals surface area contributed by atoms with E-state index >= 15 is 0 Å². The van der Waals surface area contributed by atoms with Crippen LogP contribution in [0.4, 0.5) is 0 Å². The number of hydrogen-bond donors (Lipinski definition) is 7. The zero-order chi connectivity index (χ0) is 24.3. The molecule has 11 nitrogen and oxygen atoms in total. The van der Waals surface area contributed by atoms with E-state index in [9.17, 15) is 29.1 Å². The molecular weight excluding hydrogens is 426 g/mol. The summed E-state index contributed by atoms with van der Waals surface area (Å²) in [6, 6.07) is -4.33. The van der Waals surface area contributed by atoms with E-state index in [1.54, 1.807) is 20.8 Å². The fourth-order valence-corrected chi connectivity index (χ4v) is 2.83. The molecule has 0 saturated heterocycles. The van der Waals surface area contributed by atoms with E-state index in [0.717, 1.165) is 0 Å². The molecular formula is C19H35N5O6S. The minimum atomic E-state index is -1.23. The Bertz CT molecular complexity index is 660. The van der Waals surface area contributed by atoms with Crippen molar-refractivity contribution in [2.24, 2.45) is 23.3 Å². The number of rotatable bonds is 14. The van der Waals surface area contributed by atoms with Gasteiger partial charge in [-0.3, -0.25) is 19.2 Å². The smallest absolute Gasteiger partial charge is 0.326 e. The predicted molar refractivity (Wildman–Crippen MR) is 118 cm³/mol. The molecule has 5 atom stereocenters. The lowest BCUT2D eigenvalue weighted by molar-refractivity contribution is -0.143. The second-order valence-corrected chi connectivity index (χ2v) is 8.15. The monoisotopic (exact) mass is 461 g/mol. The summed E-state index contributed by atoms with van der Waals surface area (Å²) in [6.45, 7) is 6.91. The molecule has 0 rings (SSSR count). The van der Waals surface area contributed by atoms with Crippen LogP contribution in [0.5, 0.6) is 0 Å². The number of aliphatic carboxylic acids is 1. The van der Waals surface area contributed by atoms with Crippen molar-refractivity contribution in [3.05, 3.63) is 0 Å². The summed E-state index contributed by atoms with van der Waals surface area (Å²) in [5, 5.41) is 16.6. The van der Waals surface area contributed by atoms with Gasteiger partial charge in [0.2, 0.25) is 23.6 Å². The van der Waals surface area contributed by atoms with Gasteiger partial charge >= 0.3 is 5.97 Å². The van der Waals surface area contributed by atoms with Crippen LogP contribution in [0.15, 0.2) is 0 Å². The molecule has 0 radical (unpaired) electrons. The third-order valence-corrected chi connectivity index (χ3v) is 5.28. The average molecular weight is 462 g/mol. The number of carbonyl (C=O) groups excluding carboxylic acids is 4. The van der Waals surface area contributed by atoms with Crippen LogP contribution in [-0.4, -0.2) is 64.6 Å². The summed E-state index contributed by atoms with van der Waals surface area (Å²) in [5.74, 6) is -4.56. The predicted octanol–water partition coefficient (Wildman–Crippen LogP) is -1.25. The molecule has 0 fully saturated rings. The third kappa shape index (κ3) is 10.0. The fourth-order valence-electron chi connectivity index (χ4n) is 2.57. The van der Waals surface area contributed by atoms with Crippen molar-refractivity contribution in [2.45, 2.75) is 71.1 Å². The fraction of sp³-hybridized carbons (Fsp3) is 0.737. The minimum Gasteiger partial charge on any atom is -0.480 e. The maximum Gasteiger partial charge on any atom is 0.326 e. The zero-order valence-corrected chi connectivity index (χ0v) is 19.3.